The Morgan fingerprint density at radius 3 is 2.82 bits per heavy atom. The Labute approximate surface area is 106 Å². The summed E-state index contributed by atoms with van der Waals surface area (Å²) in [6, 6.07) is 5.84. The van der Waals surface area contributed by atoms with E-state index in [9.17, 15) is 0 Å². The minimum atomic E-state index is 0.730. The maximum Gasteiger partial charge on any atom is 0.0689 e. The van der Waals surface area contributed by atoms with Gasteiger partial charge < -0.3 is 5.32 Å². The molecule has 0 fully saturated rings. The molecule has 0 aliphatic carbocycles. The molecule has 1 N–H and O–H groups in total. The van der Waals surface area contributed by atoms with Crippen LogP contribution in [-0.2, 0) is 6.54 Å². The minimum Gasteiger partial charge on any atom is -0.316 e. The molecule has 3 nitrogen and oxygen atoms in total. The average Bonchev–Trinajstić information content (AvgIpc) is 2.64. The normalized spacial score (nSPS) is 10.8. The molecule has 2 rings (SSSR count). The highest BCUT2D eigenvalue weighted by molar-refractivity contribution is 6.30. The molecule has 0 unspecified atom stereocenters. The molecule has 0 saturated heterocycles. The number of nitrogens with one attached hydrogen (secondary N) is 1. The van der Waals surface area contributed by atoms with Gasteiger partial charge in [-0.1, -0.05) is 17.7 Å². The van der Waals surface area contributed by atoms with Crippen LogP contribution in [0.4, 0.5) is 0 Å². The van der Waals surface area contributed by atoms with Gasteiger partial charge in [0.15, 0.2) is 0 Å². The van der Waals surface area contributed by atoms with Gasteiger partial charge in [0, 0.05) is 23.3 Å². The highest BCUT2D eigenvalue weighted by Crippen LogP contribution is 2.20. The van der Waals surface area contributed by atoms with Gasteiger partial charge in [0.25, 0.3) is 0 Å². The highest BCUT2D eigenvalue weighted by atomic mass is 35.5. The molecular weight excluding hydrogens is 234 g/mol. The highest BCUT2D eigenvalue weighted by Gasteiger charge is 2.07. The number of aromatic nitrogens is 2. The summed E-state index contributed by atoms with van der Waals surface area (Å²) >= 11 is 6.02. The van der Waals surface area contributed by atoms with Crippen LogP contribution in [0.1, 0.15) is 16.8 Å². The Hall–Kier alpha value is -1.32. The van der Waals surface area contributed by atoms with Crippen LogP contribution in [0.2, 0.25) is 5.02 Å². The van der Waals surface area contributed by atoms with Crippen molar-refractivity contribution in [2.75, 3.05) is 7.05 Å². The largest absolute Gasteiger partial charge is 0.316 e. The van der Waals surface area contributed by atoms with Gasteiger partial charge in [-0.15, -0.1) is 0 Å². The second kappa shape index (κ2) is 4.90. The first-order valence-electron chi connectivity index (χ1n) is 5.58. The summed E-state index contributed by atoms with van der Waals surface area (Å²) < 4.78 is 1.89. The number of benzene rings is 1. The first-order valence-corrected chi connectivity index (χ1v) is 5.96. The van der Waals surface area contributed by atoms with Crippen LogP contribution in [0, 0.1) is 13.8 Å². The number of nitrogens with zero attached hydrogens (tertiary/aromatic N) is 2. The lowest BCUT2D eigenvalue weighted by Gasteiger charge is -2.05. The maximum absolute atomic E-state index is 6.02. The Morgan fingerprint density at radius 2 is 2.12 bits per heavy atom. The van der Waals surface area contributed by atoms with Crippen molar-refractivity contribution in [3.05, 3.63) is 46.2 Å². The van der Waals surface area contributed by atoms with Crippen molar-refractivity contribution in [3.8, 4) is 5.69 Å². The number of hydrogen-bond donors (Lipinski definition) is 1. The lowest BCUT2D eigenvalue weighted by Crippen LogP contribution is -2.05. The summed E-state index contributed by atoms with van der Waals surface area (Å²) in [5.41, 5.74) is 4.43. The summed E-state index contributed by atoms with van der Waals surface area (Å²) in [6.07, 6.45) is 2.05. The van der Waals surface area contributed by atoms with E-state index in [1.807, 2.05) is 43.0 Å². The topological polar surface area (TPSA) is 29.9 Å². The van der Waals surface area contributed by atoms with E-state index in [4.69, 9.17) is 11.6 Å². The van der Waals surface area contributed by atoms with Gasteiger partial charge in [-0.25, -0.2) is 4.68 Å². The monoisotopic (exact) mass is 249 g/mol. The van der Waals surface area contributed by atoms with Gasteiger partial charge in [-0.3, -0.25) is 0 Å². The molecule has 90 valence electrons. The number of hydrogen-bond acceptors (Lipinski definition) is 2. The van der Waals surface area contributed by atoms with Gasteiger partial charge >= 0.3 is 0 Å². The van der Waals surface area contributed by atoms with Crippen molar-refractivity contribution >= 4 is 11.6 Å². The van der Waals surface area contributed by atoms with E-state index in [-0.39, 0.29) is 0 Å². The average molecular weight is 250 g/mol. The Bertz CT molecular complexity index is 531. The summed E-state index contributed by atoms with van der Waals surface area (Å²) in [4.78, 5) is 0. The van der Waals surface area contributed by atoms with Crippen LogP contribution in [0.3, 0.4) is 0 Å². The van der Waals surface area contributed by atoms with Gasteiger partial charge in [-0.2, -0.15) is 5.10 Å². The van der Waals surface area contributed by atoms with Gasteiger partial charge in [0.1, 0.15) is 0 Å². The zero-order valence-corrected chi connectivity index (χ0v) is 11.0. The van der Waals surface area contributed by atoms with E-state index >= 15 is 0 Å². The third kappa shape index (κ3) is 2.51. The molecule has 0 aliphatic heterocycles. The minimum absolute atomic E-state index is 0.730. The molecule has 0 spiro atoms. The quantitative estimate of drug-likeness (QED) is 0.907. The number of halogens is 1. The molecular formula is C13H16ClN3. The van der Waals surface area contributed by atoms with Crippen LogP contribution >= 0.6 is 11.6 Å². The molecule has 0 radical (unpaired) electrons. The van der Waals surface area contributed by atoms with Crippen LogP contribution in [-0.4, -0.2) is 16.8 Å². The molecule has 0 amide bonds. The first kappa shape index (κ1) is 12.1. The van der Waals surface area contributed by atoms with Crippen molar-refractivity contribution in [2.45, 2.75) is 20.4 Å². The first-order chi connectivity index (χ1) is 8.11. The van der Waals surface area contributed by atoms with Crippen LogP contribution in [0.25, 0.3) is 5.69 Å². The van der Waals surface area contributed by atoms with Crippen molar-refractivity contribution in [1.82, 2.24) is 15.1 Å². The zero-order chi connectivity index (χ0) is 12.4. The van der Waals surface area contributed by atoms with Gasteiger partial charge in [0.2, 0.25) is 0 Å². The molecule has 2 aromatic rings. The lowest BCUT2D eigenvalue weighted by molar-refractivity contribution is 0.812. The van der Waals surface area contributed by atoms with Gasteiger partial charge in [0.05, 0.1) is 11.4 Å². The van der Waals surface area contributed by atoms with Crippen molar-refractivity contribution in [2.24, 2.45) is 0 Å². The Kier molecular flexibility index (Phi) is 3.50. The molecule has 0 aliphatic rings. The lowest BCUT2D eigenvalue weighted by atomic mass is 10.2. The van der Waals surface area contributed by atoms with Gasteiger partial charge in [-0.05, 0) is 38.6 Å². The number of rotatable bonds is 3. The summed E-state index contributed by atoms with van der Waals surface area (Å²) in [6.45, 7) is 4.90. The smallest absolute Gasteiger partial charge is 0.0689 e. The van der Waals surface area contributed by atoms with Crippen LogP contribution in [0.5, 0.6) is 0 Å². The molecule has 1 aromatic carbocycles. The fourth-order valence-electron chi connectivity index (χ4n) is 1.81. The molecule has 0 bridgehead atoms. The molecule has 0 saturated carbocycles. The molecule has 0 atom stereocenters. The van der Waals surface area contributed by atoms with Crippen LogP contribution in [0.15, 0.2) is 24.4 Å². The Balaban J connectivity index is 2.45. The van der Waals surface area contributed by atoms with E-state index in [0.29, 0.717) is 0 Å². The predicted octanol–water partition coefficient (Wildman–Crippen LogP) is 2.86. The van der Waals surface area contributed by atoms with E-state index in [0.717, 1.165) is 28.5 Å². The van der Waals surface area contributed by atoms with Crippen LogP contribution < -0.4 is 5.32 Å². The van der Waals surface area contributed by atoms with E-state index < -0.39 is 0 Å². The number of aryl methyl sites for hydroxylation is 2. The second-order valence-corrected chi connectivity index (χ2v) is 4.58. The zero-order valence-electron chi connectivity index (χ0n) is 10.3. The fourth-order valence-corrected chi connectivity index (χ4v) is 1.98. The predicted molar refractivity (Wildman–Crippen MR) is 70.8 cm³/mol. The molecule has 4 heteroatoms. The third-order valence-corrected chi connectivity index (χ3v) is 3.02. The SMILES string of the molecule is CNCc1cn(-c2cc(Cl)ccc2C)nc1C. The molecule has 1 heterocycles. The van der Waals surface area contributed by atoms with Crippen molar-refractivity contribution in [1.29, 1.82) is 0 Å². The summed E-state index contributed by atoms with van der Waals surface area (Å²) in [7, 11) is 1.93. The molecule has 1 aromatic heterocycles. The maximum atomic E-state index is 6.02. The summed E-state index contributed by atoms with van der Waals surface area (Å²) in [5, 5.41) is 8.39. The Morgan fingerprint density at radius 1 is 1.35 bits per heavy atom. The van der Waals surface area contributed by atoms with Crippen molar-refractivity contribution in [3.63, 3.8) is 0 Å². The molecule has 17 heavy (non-hydrogen) atoms. The third-order valence-electron chi connectivity index (χ3n) is 2.79. The van der Waals surface area contributed by atoms with E-state index in [1.54, 1.807) is 0 Å². The summed E-state index contributed by atoms with van der Waals surface area (Å²) in [5.74, 6) is 0. The van der Waals surface area contributed by atoms with E-state index in [1.165, 1.54) is 5.56 Å². The standard InChI is InChI=1S/C13H16ClN3/c1-9-4-5-12(14)6-13(9)17-8-11(7-15-3)10(2)16-17/h4-6,8,15H,7H2,1-3H3. The van der Waals surface area contributed by atoms with E-state index in [2.05, 4.69) is 17.3 Å². The van der Waals surface area contributed by atoms with Crippen molar-refractivity contribution < 1.29 is 0 Å². The second-order valence-electron chi connectivity index (χ2n) is 4.15. The fraction of sp³-hybridized carbons (Fsp3) is 0.308.